The molecule has 37 heavy (non-hydrogen) atoms. The molecule has 2 aromatic carbocycles. The maximum Gasteiger partial charge on any atom is 0.244 e. The molecule has 0 bridgehead atoms. The van der Waals surface area contributed by atoms with Crippen LogP contribution < -0.4 is 14.4 Å². The highest BCUT2D eigenvalue weighted by Crippen LogP contribution is 2.24. The molecule has 0 saturated heterocycles. The molecular weight excluding hydrogens is 490 g/mol. The Bertz CT molecular complexity index is 1180. The number of amides is 2. The van der Waals surface area contributed by atoms with Gasteiger partial charge in [-0.05, 0) is 55.5 Å². The van der Waals surface area contributed by atoms with E-state index in [4.69, 9.17) is 4.74 Å². The lowest BCUT2D eigenvalue weighted by Gasteiger charge is -2.34. The monoisotopic (exact) mass is 529 g/mol. The average Bonchev–Trinajstić information content (AvgIpc) is 2.87. The van der Waals surface area contributed by atoms with Crippen molar-refractivity contribution < 1.29 is 22.7 Å². The molecule has 0 unspecified atom stereocenters. The summed E-state index contributed by atoms with van der Waals surface area (Å²) in [7, 11) is -2.19. The third-order valence-electron chi connectivity index (χ3n) is 6.89. The summed E-state index contributed by atoms with van der Waals surface area (Å²) in [5, 5.41) is 3.15. The first-order valence-electron chi connectivity index (χ1n) is 12.9. The standard InChI is InChI=1S/C28H39N3O5S/c1-5-25(28(33)29-23-14-7-6-8-15-23)30(19-22-13-11-16-24(18-22)36-3)27(32)20-31(37(4,34)35)26-17-10-9-12-21(26)2/h9-13,16-18,23,25H,5-8,14-15,19-20H2,1-4H3,(H,29,33)/t25-/m0/s1. The van der Waals surface area contributed by atoms with E-state index in [2.05, 4.69) is 5.32 Å². The van der Waals surface area contributed by atoms with Crippen molar-refractivity contribution in [1.82, 2.24) is 10.2 Å². The molecule has 2 aromatic rings. The normalized spacial score (nSPS) is 15.0. The maximum absolute atomic E-state index is 13.8. The number of anilines is 1. The van der Waals surface area contributed by atoms with Crippen molar-refractivity contribution in [2.75, 3.05) is 24.2 Å². The molecule has 1 aliphatic carbocycles. The van der Waals surface area contributed by atoms with Gasteiger partial charge in [-0.25, -0.2) is 8.42 Å². The van der Waals surface area contributed by atoms with Crippen LogP contribution in [0.15, 0.2) is 48.5 Å². The number of para-hydroxylation sites is 1. The number of hydrogen-bond donors (Lipinski definition) is 1. The van der Waals surface area contributed by atoms with E-state index in [0.717, 1.165) is 47.4 Å². The molecule has 0 spiro atoms. The second-order valence-electron chi connectivity index (χ2n) is 9.70. The molecule has 1 N–H and O–H groups in total. The van der Waals surface area contributed by atoms with Gasteiger partial charge >= 0.3 is 0 Å². The molecule has 1 aliphatic rings. The molecule has 0 heterocycles. The Labute approximate surface area is 221 Å². The predicted octanol–water partition coefficient (Wildman–Crippen LogP) is 4.03. The summed E-state index contributed by atoms with van der Waals surface area (Å²) in [6, 6.07) is 13.7. The van der Waals surface area contributed by atoms with Gasteiger partial charge in [-0.3, -0.25) is 13.9 Å². The summed E-state index contributed by atoms with van der Waals surface area (Å²) >= 11 is 0. The van der Waals surface area contributed by atoms with Crippen LogP contribution in [0.1, 0.15) is 56.6 Å². The molecule has 8 nitrogen and oxygen atoms in total. The quantitative estimate of drug-likeness (QED) is 0.474. The molecular formula is C28H39N3O5S. The van der Waals surface area contributed by atoms with Crippen LogP contribution in [0, 0.1) is 6.92 Å². The van der Waals surface area contributed by atoms with E-state index in [1.54, 1.807) is 32.2 Å². The summed E-state index contributed by atoms with van der Waals surface area (Å²) in [5.74, 6) is -0.00290. The Kier molecular flexibility index (Phi) is 9.97. The van der Waals surface area contributed by atoms with Crippen molar-refractivity contribution in [3.05, 3.63) is 59.7 Å². The Balaban J connectivity index is 1.93. The van der Waals surface area contributed by atoms with Crippen LogP contribution in [0.25, 0.3) is 0 Å². The highest BCUT2D eigenvalue weighted by atomic mass is 32.2. The van der Waals surface area contributed by atoms with Gasteiger partial charge in [0.05, 0.1) is 19.1 Å². The molecule has 1 fully saturated rings. The molecule has 0 aliphatic heterocycles. The van der Waals surface area contributed by atoms with E-state index in [1.807, 2.05) is 37.3 Å². The Morgan fingerprint density at radius 1 is 1.08 bits per heavy atom. The fraction of sp³-hybridized carbons (Fsp3) is 0.500. The summed E-state index contributed by atoms with van der Waals surface area (Å²) in [5.41, 5.74) is 1.97. The Morgan fingerprint density at radius 3 is 2.41 bits per heavy atom. The minimum absolute atomic E-state index is 0.101. The first kappa shape index (κ1) is 28.5. The number of nitrogens with zero attached hydrogens (tertiary/aromatic N) is 2. The van der Waals surface area contributed by atoms with Gasteiger partial charge in [-0.15, -0.1) is 0 Å². The lowest BCUT2D eigenvalue weighted by atomic mass is 9.95. The number of hydrogen-bond acceptors (Lipinski definition) is 5. The van der Waals surface area contributed by atoms with Crippen molar-refractivity contribution >= 4 is 27.5 Å². The van der Waals surface area contributed by atoms with Crippen LogP contribution >= 0.6 is 0 Å². The lowest BCUT2D eigenvalue weighted by Crippen LogP contribution is -2.54. The number of methoxy groups -OCH3 is 1. The van der Waals surface area contributed by atoms with Crippen molar-refractivity contribution in [2.24, 2.45) is 0 Å². The number of aryl methyl sites for hydroxylation is 1. The van der Waals surface area contributed by atoms with E-state index in [0.29, 0.717) is 17.9 Å². The van der Waals surface area contributed by atoms with E-state index in [-0.39, 0.29) is 18.5 Å². The van der Waals surface area contributed by atoms with Gasteiger partial charge in [0, 0.05) is 12.6 Å². The predicted molar refractivity (Wildman–Crippen MR) is 146 cm³/mol. The molecule has 0 radical (unpaired) electrons. The minimum Gasteiger partial charge on any atom is -0.497 e. The van der Waals surface area contributed by atoms with Crippen LogP contribution in [0.2, 0.25) is 0 Å². The smallest absolute Gasteiger partial charge is 0.244 e. The molecule has 202 valence electrons. The lowest BCUT2D eigenvalue weighted by molar-refractivity contribution is -0.140. The highest BCUT2D eigenvalue weighted by Gasteiger charge is 2.33. The van der Waals surface area contributed by atoms with E-state index < -0.39 is 28.5 Å². The average molecular weight is 530 g/mol. The molecule has 1 saturated carbocycles. The van der Waals surface area contributed by atoms with E-state index >= 15 is 0 Å². The fourth-order valence-corrected chi connectivity index (χ4v) is 5.78. The summed E-state index contributed by atoms with van der Waals surface area (Å²) in [6.07, 6.45) is 6.68. The molecule has 9 heteroatoms. The number of ether oxygens (including phenoxy) is 1. The SMILES string of the molecule is CC[C@@H](C(=O)NC1CCCCC1)N(Cc1cccc(OC)c1)C(=O)CN(c1ccccc1C)S(C)(=O)=O. The summed E-state index contributed by atoms with van der Waals surface area (Å²) in [4.78, 5) is 28.8. The van der Waals surface area contributed by atoms with Gasteiger partial charge in [-0.2, -0.15) is 0 Å². The molecule has 1 atom stereocenters. The zero-order valence-corrected chi connectivity index (χ0v) is 23.1. The van der Waals surface area contributed by atoms with Crippen molar-refractivity contribution in [3.63, 3.8) is 0 Å². The van der Waals surface area contributed by atoms with Gasteiger partial charge in [0.25, 0.3) is 0 Å². The highest BCUT2D eigenvalue weighted by molar-refractivity contribution is 7.92. The van der Waals surface area contributed by atoms with Crippen LogP contribution in [-0.4, -0.2) is 57.1 Å². The van der Waals surface area contributed by atoms with Gasteiger partial charge in [-0.1, -0.05) is 56.5 Å². The third-order valence-corrected chi connectivity index (χ3v) is 8.01. The second kappa shape index (κ2) is 12.9. The third kappa shape index (κ3) is 7.71. The largest absolute Gasteiger partial charge is 0.497 e. The molecule has 0 aromatic heterocycles. The number of carbonyl (C=O) groups excluding carboxylic acids is 2. The van der Waals surface area contributed by atoms with Crippen LogP contribution in [0.5, 0.6) is 5.75 Å². The summed E-state index contributed by atoms with van der Waals surface area (Å²) in [6.45, 7) is 3.42. The Morgan fingerprint density at radius 2 is 1.78 bits per heavy atom. The van der Waals surface area contributed by atoms with Gasteiger partial charge < -0.3 is 15.0 Å². The van der Waals surface area contributed by atoms with Crippen molar-refractivity contribution in [3.8, 4) is 5.75 Å². The van der Waals surface area contributed by atoms with Gasteiger partial charge in [0.1, 0.15) is 18.3 Å². The van der Waals surface area contributed by atoms with Crippen LogP contribution in [0.3, 0.4) is 0 Å². The van der Waals surface area contributed by atoms with E-state index in [1.165, 1.54) is 11.3 Å². The zero-order chi connectivity index (χ0) is 27.0. The number of benzene rings is 2. The number of carbonyl (C=O) groups is 2. The van der Waals surface area contributed by atoms with Crippen LogP contribution in [-0.2, 0) is 26.2 Å². The summed E-state index contributed by atoms with van der Waals surface area (Å²) < 4.78 is 32.0. The first-order valence-corrected chi connectivity index (χ1v) is 14.7. The zero-order valence-electron chi connectivity index (χ0n) is 22.3. The Hall–Kier alpha value is -3.07. The minimum atomic E-state index is -3.76. The van der Waals surface area contributed by atoms with Gasteiger partial charge in [0.15, 0.2) is 0 Å². The van der Waals surface area contributed by atoms with Crippen molar-refractivity contribution in [2.45, 2.75) is 71.0 Å². The van der Waals surface area contributed by atoms with E-state index in [9.17, 15) is 18.0 Å². The molecule has 2 amide bonds. The number of rotatable bonds is 11. The second-order valence-corrected chi connectivity index (χ2v) is 11.6. The molecule has 3 rings (SSSR count). The number of sulfonamides is 1. The van der Waals surface area contributed by atoms with Crippen molar-refractivity contribution in [1.29, 1.82) is 0 Å². The van der Waals surface area contributed by atoms with Crippen LogP contribution in [0.4, 0.5) is 5.69 Å². The maximum atomic E-state index is 13.8. The number of nitrogens with one attached hydrogen (secondary N) is 1. The fourth-order valence-electron chi connectivity index (χ4n) is 4.87. The van der Waals surface area contributed by atoms with Gasteiger partial charge in [0.2, 0.25) is 21.8 Å². The first-order chi connectivity index (χ1) is 17.6. The topological polar surface area (TPSA) is 96.0 Å².